The van der Waals surface area contributed by atoms with Crippen molar-refractivity contribution in [2.24, 2.45) is 0 Å². The molecule has 100 valence electrons. The van der Waals surface area contributed by atoms with Crippen molar-refractivity contribution in [3.8, 4) is 11.5 Å². The van der Waals surface area contributed by atoms with E-state index in [0.29, 0.717) is 17.3 Å². The Morgan fingerprint density at radius 3 is 2.58 bits per heavy atom. The van der Waals surface area contributed by atoms with Crippen LogP contribution in [0.4, 0.5) is 5.69 Å². The molecular formula is C14H15ClN2O2. The Morgan fingerprint density at radius 2 is 1.89 bits per heavy atom. The van der Waals surface area contributed by atoms with Gasteiger partial charge in [0.2, 0.25) is 0 Å². The van der Waals surface area contributed by atoms with E-state index in [1.165, 1.54) is 7.11 Å². The molecule has 0 spiro atoms. The Bertz CT molecular complexity index is 547. The zero-order valence-corrected chi connectivity index (χ0v) is 11.2. The average molecular weight is 279 g/mol. The van der Waals surface area contributed by atoms with Crippen molar-refractivity contribution in [3.05, 3.63) is 53.1 Å². The third-order valence-corrected chi connectivity index (χ3v) is 3.06. The minimum Gasteiger partial charge on any atom is -0.504 e. The SMILES string of the molecule is COc1c(O)ccc(CNNc2ccccc2)c1Cl. The standard InChI is InChI=1S/C14H15ClN2O2/c1-19-14-12(18)8-7-10(13(14)15)9-16-17-11-5-3-2-4-6-11/h2-8,16-18H,9H2,1H3. The lowest BCUT2D eigenvalue weighted by Gasteiger charge is -2.12. The highest BCUT2D eigenvalue weighted by molar-refractivity contribution is 6.33. The molecular weight excluding hydrogens is 264 g/mol. The molecule has 0 aliphatic rings. The van der Waals surface area contributed by atoms with E-state index in [1.807, 2.05) is 30.3 Å². The second-order valence-corrected chi connectivity index (χ2v) is 4.31. The lowest BCUT2D eigenvalue weighted by Crippen LogP contribution is -2.21. The summed E-state index contributed by atoms with van der Waals surface area (Å²) in [5, 5.41) is 9.98. The molecule has 0 aromatic heterocycles. The fourth-order valence-electron chi connectivity index (χ4n) is 1.68. The highest BCUT2D eigenvalue weighted by atomic mass is 35.5. The maximum Gasteiger partial charge on any atom is 0.179 e. The number of phenols is 1. The van der Waals surface area contributed by atoms with Crippen LogP contribution in [-0.2, 0) is 6.54 Å². The van der Waals surface area contributed by atoms with Crippen LogP contribution in [0.1, 0.15) is 5.56 Å². The van der Waals surface area contributed by atoms with Gasteiger partial charge in [0.15, 0.2) is 11.5 Å². The number of nitrogens with one attached hydrogen (secondary N) is 2. The van der Waals surface area contributed by atoms with Crippen molar-refractivity contribution in [1.82, 2.24) is 5.43 Å². The van der Waals surface area contributed by atoms with Gasteiger partial charge in [0.25, 0.3) is 0 Å². The van der Waals surface area contributed by atoms with Crippen LogP contribution < -0.4 is 15.6 Å². The molecule has 3 N–H and O–H groups in total. The molecule has 0 saturated heterocycles. The summed E-state index contributed by atoms with van der Waals surface area (Å²) in [5.41, 5.74) is 7.91. The van der Waals surface area contributed by atoms with Gasteiger partial charge in [0.1, 0.15) is 0 Å². The van der Waals surface area contributed by atoms with Crippen LogP contribution in [0.5, 0.6) is 11.5 Å². The van der Waals surface area contributed by atoms with Crippen molar-refractivity contribution < 1.29 is 9.84 Å². The third-order valence-electron chi connectivity index (χ3n) is 2.65. The first-order valence-corrected chi connectivity index (χ1v) is 6.18. The summed E-state index contributed by atoms with van der Waals surface area (Å²) in [6.07, 6.45) is 0. The highest BCUT2D eigenvalue weighted by Crippen LogP contribution is 2.36. The molecule has 0 radical (unpaired) electrons. The number of para-hydroxylation sites is 1. The quantitative estimate of drug-likeness (QED) is 0.736. The highest BCUT2D eigenvalue weighted by Gasteiger charge is 2.11. The normalized spacial score (nSPS) is 10.2. The van der Waals surface area contributed by atoms with Gasteiger partial charge in [-0.15, -0.1) is 0 Å². The molecule has 0 atom stereocenters. The first kappa shape index (κ1) is 13.5. The third kappa shape index (κ3) is 3.30. The number of rotatable bonds is 5. The summed E-state index contributed by atoms with van der Waals surface area (Å²) in [5.74, 6) is 0.327. The fraction of sp³-hybridized carbons (Fsp3) is 0.143. The van der Waals surface area contributed by atoms with E-state index in [2.05, 4.69) is 10.9 Å². The maximum atomic E-state index is 9.57. The number of aromatic hydroxyl groups is 1. The Morgan fingerprint density at radius 1 is 1.16 bits per heavy atom. The van der Waals surface area contributed by atoms with Crippen molar-refractivity contribution >= 4 is 17.3 Å². The van der Waals surface area contributed by atoms with E-state index >= 15 is 0 Å². The molecule has 19 heavy (non-hydrogen) atoms. The number of ether oxygens (including phenoxy) is 1. The topological polar surface area (TPSA) is 53.5 Å². The number of phenolic OH excluding ortho intramolecular Hbond substituents is 1. The second-order valence-electron chi connectivity index (χ2n) is 3.94. The monoisotopic (exact) mass is 278 g/mol. The number of hydrogen-bond acceptors (Lipinski definition) is 4. The maximum absolute atomic E-state index is 9.57. The molecule has 0 saturated carbocycles. The smallest absolute Gasteiger partial charge is 0.179 e. The van der Waals surface area contributed by atoms with Gasteiger partial charge in [-0.25, -0.2) is 5.43 Å². The molecule has 4 nitrogen and oxygen atoms in total. The molecule has 0 fully saturated rings. The van der Waals surface area contributed by atoms with Gasteiger partial charge in [-0.3, -0.25) is 0 Å². The van der Waals surface area contributed by atoms with E-state index in [-0.39, 0.29) is 5.75 Å². The Hall–Kier alpha value is -1.91. The van der Waals surface area contributed by atoms with Crippen LogP contribution in [0.3, 0.4) is 0 Å². The zero-order chi connectivity index (χ0) is 13.7. The van der Waals surface area contributed by atoms with Crippen LogP contribution >= 0.6 is 11.6 Å². The summed E-state index contributed by atoms with van der Waals surface area (Å²) >= 11 is 6.14. The lowest BCUT2D eigenvalue weighted by molar-refractivity contribution is 0.373. The van der Waals surface area contributed by atoms with Crippen molar-refractivity contribution in [2.75, 3.05) is 12.5 Å². The van der Waals surface area contributed by atoms with Crippen LogP contribution in [-0.4, -0.2) is 12.2 Å². The molecule has 2 aromatic carbocycles. The number of anilines is 1. The summed E-state index contributed by atoms with van der Waals surface area (Å²) in [6, 6.07) is 13.1. The Kier molecular flexibility index (Phi) is 4.49. The molecule has 0 bridgehead atoms. The predicted molar refractivity (Wildman–Crippen MR) is 76.6 cm³/mol. The van der Waals surface area contributed by atoms with Gasteiger partial charge in [0, 0.05) is 12.2 Å². The summed E-state index contributed by atoms with van der Waals surface area (Å²) in [7, 11) is 1.47. The van der Waals surface area contributed by atoms with Gasteiger partial charge < -0.3 is 15.3 Å². The van der Waals surface area contributed by atoms with Crippen LogP contribution in [0, 0.1) is 0 Å². The van der Waals surface area contributed by atoms with Gasteiger partial charge >= 0.3 is 0 Å². The van der Waals surface area contributed by atoms with Crippen molar-refractivity contribution in [2.45, 2.75) is 6.54 Å². The molecule has 0 aliphatic carbocycles. The largest absolute Gasteiger partial charge is 0.504 e. The fourth-order valence-corrected chi connectivity index (χ4v) is 1.98. The Labute approximate surface area is 116 Å². The zero-order valence-electron chi connectivity index (χ0n) is 10.5. The van der Waals surface area contributed by atoms with Crippen LogP contribution in [0.15, 0.2) is 42.5 Å². The van der Waals surface area contributed by atoms with Crippen molar-refractivity contribution in [1.29, 1.82) is 0 Å². The number of halogens is 1. The van der Waals surface area contributed by atoms with E-state index in [0.717, 1.165) is 11.3 Å². The number of benzene rings is 2. The molecule has 0 heterocycles. The van der Waals surface area contributed by atoms with E-state index in [9.17, 15) is 5.11 Å². The molecule has 2 rings (SSSR count). The minimum absolute atomic E-state index is 0.0345. The van der Waals surface area contributed by atoms with Gasteiger partial charge in [-0.05, 0) is 23.8 Å². The summed E-state index contributed by atoms with van der Waals surface area (Å²) in [6.45, 7) is 0.504. The van der Waals surface area contributed by atoms with Gasteiger partial charge in [-0.1, -0.05) is 35.9 Å². The number of hydrogen-bond donors (Lipinski definition) is 3. The molecule has 0 unspecified atom stereocenters. The van der Waals surface area contributed by atoms with Gasteiger partial charge in [-0.2, -0.15) is 0 Å². The first-order chi connectivity index (χ1) is 9.22. The molecule has 0 amide bonds. The Balaban J connectivity index is 2.00. The number of hydrazine groups is 1. The van der Waals surface area contributed by atoms with Crippen molar-refractivity contribution in [3.63, 3.8) is 0 Å². The van der Waals surface area contributed by atoms with Crippen LogP contribution in [0.25, 0.3) is 0 Å². The van der Waals surface area contributed by atoms with Gasteiger partial charge in [0.05, 0.1) is 12.1 Å². The predicted octanol–water partition coefficient (Wildman–Crippen LogP) is 3.17. The summed E-state index contributed by atoms with van der Waals surface area (Å²) < 4.78 is 5.05. The molecule has 5 heteroatoms. The second kappa shape index (κ2) is 6.31. The summed E-state index contributed by atoms with van der Waals surface area (Å²) in [4.78, 5) is 0. The first-order valence-electron chi connectivity index (χ1n) is 5.80. The van der Waals surface area contributed by atoms with Crippen LogP contribution in [0.2, 0.25) is 5.02 Å². The molecule has 2 aromatic rings. The minimum atomic E-state index is 0.0345. The lowest BCUT2D eigenvalue weighted by atomic mass is 10.2. The number of methoxy groups -OCH3 is 1. The average Bonchev–Trinajstić information content (AvgIpc) is 2.43. The molecule has 0 aliphatic heterocycles. The van der Waals surface area contributed by atoms with E-state index in [1.54, 1.807) is 12.1 Å². The van der Waals surface area contributed by atoms with E-state index < -0.39 is 0 Å². The van der Waals surface area contributed by atoms with E-state index in [4.69, 9.17) is 16.3 Å².